The van der Waals surface area contributed by atoms with Crippen LogP contribution in [0.15, 0.2) is 47.4 Å². The average Bonchev–Trinajstić information content (AvgIpc) is 3.14. The molecule has 0 atom stereocenters. The summed E-state index contributed by atoms with van der Waals surface area (Å²) in [5, 5.41) is 0. The molecule has 8 heteroatoms. The molecule has 1 amide bonds. The molecule has 0 aromatic heterocycles. The van der Waals surface area contributed by atoms with Gasteiger partial charge < -0.3 is 9.64 Å². The van der Waals surface area contributed by atoms with Crippen molar-refractivity contribution in [3.8, 4) is 5.75 Å². The number of anilines is 1. The van der Waals surface area contributed by atoms with Crippen molar-refractivity contribution in [3.63, 3.8) is 0 Å². The van der Waals surface area contributed by atoms with E-state index in [0.29, 0.717) is 36.7 Å². The third kappa shape index (κ3) is 5.32. The number of hydrogen-bond acceptors (Lipinski definition) is 5. The van der Waals surface area contributed by atoms with Gasteiger partial charge in [-0.25, -0.2) is 13.1 Å². The van der Waals surface area contributed by atoms with E-state index in [0.717, 1.165) is 12.2 Å². The van der Waals surface area contributed by atoms with Crippen LogP contribution in [-0.4, -0.2) is 40.3 Å². The molecule has 0 spiro atoms. The summed E-state index contributed by atoms with van der Waals surface area (Å²) in [5.41, 5.74) is 3.00. The molecule has 3 rings (SSSR count). The Bertz CT molecular complexity index is 976. The van der Waals surface area contributed by atoms with Crippen LogP contribution in [-0.2, 0) is 20.6 Å². The molecule has 1 saturated heterocycles. The number of aryl methyl sites for hydroxylation is 1. The molecule has 0 aliphatic carbocycles. The van der Waals surface area contributed by atoms with Crippen LogP contribution in [0.25, 0.3) is 0 Å². The van der Waals surface area contributed by atoms with Gasteiger partial charge in [0.15, 0.2) is 0 Å². The number of thioether (sulfide) groups is 1. The second-order valence-corrected chi connectivity index (χ2v) is 9.73. The van der Waals surface area contributed by atoms with Gasteiger partial charge in [0, 0.05) is 31.0 Å². The Morgan fingerprint density at radius 1 is 1.21 bits per heavy atom. The fourth-order valence-electron chi connectivity index (χ4n) is 3.24. The number of nitrogens with zero attached hydrogens (tertiary/aromatic N) is 1. The Balaban J connectivity index is 1.61. The quantitative estimate of drug-likeness (QED) is 0.613. The molecule has 1 N–H and O–H groups in total. The van der Waals surface area contributed by atoms with Crippen molar-refractivity contribution >= 4 is 33.4 Å². The van der Waals surface area contributed by atoms with Gasteiger partial charge in [-0.15, -0.1) is 0 Å². The first-order valence-corrected chi connectivity index (χ1v) is 12.2. The van der Waals surface area contributed by atoms with Crippen molar-refractivity contribution in [2.45, 2.75) is 30.4 Å². The number of methoxy groups -OCH3 is 1. The molecule has 1 fully saturated rings. The summed E-state index contributed by atoms with van der Waals surface area (Å²) < 4.78 is 33.4. The molecule has 2 aromatic carbocycles. The van der Waals surface area contributed by atoms with E-state index in [1.807, 2.05) is 12.1 Å². The molecular formula is C21H26N2O4S2. The van der Waals surface area contributed by atoms with E-state index >= 15 is 0 Å². The van der Waals surface area contributed by atoms with Gasteiger partial charge in [-0.3, -0.25) is 4.79 Å². The first kappa shape index (κ1) is 21.7. The molecule has 2 aromatic rings. The zero-order chi connectivity index (χ0) is 20.9. The molecule has 1 aliphatic rings. The van der Waals surface area contributed by atoms with E-state index in [4.69, 9.17) is 4.74 Å². The molecule has 0 saturated carbocycles. The molecule has 156 valence electrons. The van der Waals surface area contributed by atoms with Gasteiger partial charge in [0.05, 0.1) is 17.7 Å². The average molecular weight is 435 g/mol. The predicted octanol–water partition coefficient (Wildman–Crippen LogP) is 3.34. The molecule has 0 radical (unpaired) electrons. The maximum atomic E-state index is 12.7. The SMILES string of the molecule is COc1ccc(S(=O)(=O)NCCSCc2ccccc2C)cc1N1CCCC1=O. The highest BCUT2D eigenvalue weighted by atomic mass is 32.2. The summed E-state index contributed by atoms with van der Waals surface area (Å²) in [6.07, 6.45) is 1.23. The lowest BCUT2D eigenvalue weighted by Gasteiger charge is -2.20. The monoisotopic (exact) mass is 434 g/mol. The first-order chi connectivity index (χ1) is 13.9. The highest BCUT2D eigenvalue weighted by Crippen LogP contribution is 2.33. The van der Waals surface area contributed by atoms with Crippen LogP contribution in [0, 0.1) is 6.92 Å². The van der Waals surface area contributed by atoms with Crippen molar-refractivity contribution in [3.05, 3.63) is 53.6 Å². The topological polar surface area (TPSA) is 75.7 Å². The van der Waals surface area contributed by atoms with Crippen LogP contribution >= 0.6 is 11.8 Å². The first-order valence-electron chi connectivity index (χ1n) is 9.52. The minimum atomic E-state index is -3.66. The van der Waals surface area contributed by atoms with E-state index < -0.39 is 10.0 Å². The lowest BCUT2D eigenvalue weighted by Crippen LogP contribution is -2.27. The van der Waals surface area contributed by atoms with Crippen LogP contribution in [0.2, 0.25) is 0 Å². The zero-order valence-corrected chi connectivity index (χ0v) is 18.3. The highest BCUT2D eigenvalue weighted by molar-refractivity contribution is 7.98. The standard InChI is InChI=1S/C21H26N2O4S2/c1-16-6-3-4-7-17(16)15-28-13-11-22-29(25,26)18-9-10-20(27-2)19(14-18)23-12-5-8-21(23)24/h3-4,6-7,9-10,14,22H,5,8,11-13,15H2,1-2H3. The number of carbonyl (C=O) groups excluding carboxylic acids is 1. The summed E-state index contributed by atoms with van der Waals surface area (Å²) in [5.74, 6) is 1.99. The number of hydrogen-bond donors (Lipinski definition) is 1. The Kier molecular flexibility index (Phi) is 7.21. The van der Waals surface area contributed by atoms with E-state index in [-0.39, 0.29) is 10.8 Å². The Morgan fingerprint density at radius 2 is 2.00 bits per heavy atom. The second kappa shape index (κ2) is 9.65. The van der Waals surface area contributed by atoms with Gasteiger partial charge in [-0.2, -0.15) is 11.8 Å². The zero-order valence-electron chi connectivity index (χ0n) is 16.7. The van der Waals surface area contributed by atoms with Gasteiger partial charge in [0.25, 0.3) is 0 Å². The number of carbonyl (C=O) groups is 1. The van der Waals surface area contributed by atoms with Crippen LogP contribution in [0.5, 0.6) is 5.75 Å². The van der Waals surface area contributed by atoms with Crippen molar-refractivity contribution in [2.75, 3.05) is 30.9 Å². The Hall–Kier alpha value is -2.03. The summed E-state index contributed by atoms with van der Waals surface area (Å²) >= 11 is 1.69. The number of ether oxygens (including phenoxy) is 1. The molecular weight excluding hydrogens is 408 g/mol. The van der Waals surface area contributed by atoms with E-state index in [1.54, 1.807) is 22.7 Å². The molecule has 1 heterocycles. The number of nitrogens with one attached hydrogen (secondary N) is 1. The van der Waals surface area contributed by atoms with Crippen molar-refractivity contribution < 1.29 is 17.9 Å². The second-order valence-electron chi connectivity index (χ2n) is 6.86. The Morgan fingerprint density at radius 3 is 2.69 bits per heavy atom. The highest BCUT2D eigenvalue weighted by Gasteiger charge is 2.26. The summed E-state index contributed by atoms with van der Waals surface area (Å²) in [7, 11) is -2.15. The van der Waals surface area contributed by atoms with Crippen molar-refractivity contribution in [2.24, 2.45) is 0 Å². The van der Waals surface area contributed by atoms with Crippen LogP contribution in [0.3, 0.4) is 0 Å². The number of sulfonamides is 1. The van der Waals surface area contributed by atoms with Crippen molar-refractivity contribution in [1.82, 2.24) is 4.72 Å². The molecule has 0 unspecified atom stereocenters. The summed E-state index contributed by atoms with van der Waals surface area (Å²) in [4.78, 5) is 13.8. The Labute approximate surface area is 176 Å². The summed E-state index contributed by atoms with van der Waals surface area (Å²) in [6, 6.07) is 12.8. The number of rotatable bonds is 9. The fraction of sp³-hybridized carbons (Fsp3) is 0.381. The van der Waals surface area contributed by atoms with Crippen LogP contribution in [0.4, 0.5) is 5.69 Å². The fourth-order valence-corrected chi connectivity index (χ4v) is 5.35. The molecule has 0 bridgehead atoms. The lowest BCUT2D eigenvalue weighted by atomic mass is 10.1. The smallest absolute Gasteiger partial charge is 0.240 e. The summed E-state index contributed by atoms with van der Waals surface area (Å²) in [6.45, 7) is 2.98. The molecule has 29 heavy (non-hydrogen) atoms. The third-order valence-corrected chi connectivity index (χ3v) is 7.35. The van der Waals surface area contributed by atoms with Crippen molar-refractivity contribution in [1.29, 1.82) is 0 Å². The maximum Gasteiger partial charge on any atom is 0.240 e. The van der Waals surface area contributed by atoms with Gasteiger partial charge in [0.2, 0.25) is 15.9 Å². The van der Waals surface area contributed by atoms with Crippen LogP contribution < -0.4 is 14.4 Å². The molecule has 6 nitrogen and oxygen atoms in total. The van der Waals surface area contributed by atoms with Gasteiger partial charge in [-0.1, -0.05) is 24.3 Å². The minimum absolute atomic E-state index is 0.0154. The van der Waals surface area contributed by atoms with Crippen LogP contribution in [0.1, 0.15) is 24.0 Å². The largest absolute Gasteiger partial charge is 0.495 e. The number of amides is 1. The normalized spacial score (nSPS) is 14.4. The van der Waals surface area contributed by atoms with Gasteiger partial charge >= 0.3 is 0 Å². The molecule has 1 aliphatic heterocycles. The maximum absolute atomic E-state index is 12.7. The lowest BCUT2D eigenvalue weighted by molar-refractivity contribution is -0.117. The minimum Gasteiger partial charge on any atom is -0.495 e. The third-order valence-electron chi connectivity index (χ3n) is 4.88. The van der Waals surface area contributed by atoms with Gasteiger partial charge in [-0.05, 0) is 42.7 Å². The van der Waals surface area contributed by atoms with E-state index in [9.17, 15) is 13.2 Å². The predicted molar refractivity (Wildman–Crippen MR) is 117 cm³/mol. The number of benzene rings is 2. The van der Waals surface area contributed by atoms with E-state index in [1.165, 1.54) is 30.4 Å². The van der Waals surface area contributed by atoms with Gasteiger partial charge in [0.1, 0.15) is 5.75 Å². The van der Waals surface area contributed by atoms with E-state index in [2.05, 4.69) is 23.8 Å².